The van der Waals surface area contributed by atoms with Gasteiger partial charge in [0.2, 0.25) is 11.9 Å². The first-order valence-electron chi connectivity index (χ1n) is 19.8. The molecule has 1 saturated carbocycles. The zero-order chi connectivity index (χ0) is 38.0. The number of amides is 1. The zero-order valence-corrected chi connectivity index (χ0v) is 32.3. The maximum Gasteiger partial charge on any atom is 0.225 e. The summed E-state index contributed by atoms with van der Waals surface area (Å²) in [6, 6.07) is 8.46. The largest absolute Gasteiger partial charge is 0.490 e. The van der Waals surface area contributed by atoms with E-state index in [0.717, 1.165) is 63.8 Å². The molecule has 6 unspecified atom stereocenters. The van der Waals surface area contributed by atoms with E-state index >= 15 is 0 Å². The Balaban J connectivity index is 1.15. The molecule has 0 radical (unpaired) electrons. The molecule has 0 spiro atoms. The molecular formula is C41H62N8O4. The molecule has 5 rings (SSSR count). The highest BCUT2D eigenvalue weighted by Crippen LogP contribution is 2.47. The van der Waals surface area contributed by atoms with E-state index < -0.39 is 0 Å². The molecule has 1 aromatic rings. The standard InChI is InChI=1S/C41H62N8O4/c1-5-28(17-19-35(43)46-40(44)49-20-9-6-10-21-49)53-32-18-16-27(29-13-7-8-14-30(29)32)12-11-15-37(51)47-36(24-34(42)41(2,3)4)48-39-31-25-45-26-33(38(31)39)52-23-22-50/h7-8,13-14,17,25,27,31-33,38-39,42,50H,5-6,9-12,15-16,18-24,26H2,1-4H3,(H3,43,44,46)(H,47,48,51)/b28-17+,42-34?. The van der Waals surface area contributed by atoms with E-state index in [-0.39, 0.29) is 67.0 Å². The third kappa shape index (κ3) is 11.3. The molecular weight excluding hydrogens is 669 g/mol. The molecule has 2 aliphatic heterocycles. The third-order valence-corrected chi connectivity index (χ3v) is 10.9. The summed E-state index contributed by atoms with van der Waals surface area (Å²) in [5, 5.41) is 29.3. The number of piperidine rings is 1. The van der Waals surface area contributed by atoms with Crippen LogP contribution in [0.15, 0.2) is 51.1 Å². The number of ether oxygens (including phenoxy) is 2. The van der Waals surface area contributed by atoms with Gasteiger partial charge >= 0.3 is 0 Å². The summed E-state index contributed by atoms with van der Waals surface area (Å²) in [6.07, 6.45) is 12.5. The van der Waals surface area contributed by atoms with Gasteiger partial charge in [-0.2, -0.15) is 0 Å². The monoisotopic (exact) mass is 730 g/mol. The summed E-state index contributed by atoms with van der Waals surface area (Å²) in [4.78, 5) is 29.1. The summed E-state index contributed by atoms with van der Waals surface area (Å²) >= 11 is 0. The lowest BCUT2D eigenvalue weighted by Crippen LogP contribution is -2.35. The van der Waals surface area contributed by atoms with Crippen molar-refractivity contribution in [3.8, 4) is 0 Å². The number of aliphatic imine (C=N–C) groups is 3. The second-order valence-electron chi connectivity index (χ2n) is 15.9. The van der Waals surface area contributed by atoms with Crippen LogP contribution in [0.2, 0.25) is 0 Å². The van der Waals surface area contributed by atoms with Crippen LogP contribution in [-0.4, -0.2) is 90.5 Å². The molecule has 12 heteroatoms. The molecule has 2 heterocycles. The summed E-state index contributed by atoms with van der Waals surface area (Å²) in [6.45, 7) is 10.6. The number of fused-ring (bicyclic) bond motifs is 2. The van der Waals surface area contributed by atoms with E-state index in [1.54, 1.807) is 0 Å². The zero-order valence-electron chi connectivity index (χ0n) is 32.3. The molecule has 290 valence electrons. The van der Waals surface area contributed by atoms with Crippen LogP contribution in [0.4, 0.5) is 0 Å². The van der Waals surface area contributed by atoms with Crippen molar-refractivity contribution in [2.75, 3.05) is 32.8 Å². The van der Waals surface area contributed by atoms with Gasteiger partial charge in [-0.1, -0.05) is 52.0 Å². The van der Waals surface area contributed by atoms with Crippen molar-refractivity contribution in [2.24, 2.45) is 38.0 Å². The molecule has 6 N–H and O–H groups in total. The van der Waals surface area contributed by atoms with Gasteiger partial charge in [-0.15, -0.1) is 0 Å². The average molecular weight is 731 g/mol. The third-order valence-electron chi connectivity index (χ3n) is 10.9. The molecule has 2 aliphatic carbocycles. The van der Waals surface area contributed by atoms with Crippen molar-refractivity contribution in [3.05, 3.63) is 47.2 Å². The van der Waals surface area contributed by atoms with Gasteiger partial charge in [0.1, 0.15) is 17.8 Å². The van der Waals surface area contributed by atoms with Gasteiger partial charge < -0.3 is 35.9 Å². The molecule has 12 nitrogen and oxygen atoms in total. The number of nitrogens with one attached hydrogen (secondary N) is 3. The number of hydrogen-bond donors (Lipinski definition) is 5. The van der Waals surface area contributed by atoms with Gasteiger partial charge in [-0.3, -0.25) is 20.2 Å². The second kappa shape index (κ2) is 18.9. The molecule has 2 fully saturated rings. The number of hydrogen-bond acceptors (Lipinski definition) is 8. The predicted octanol–water partition coefficient (Wildman–Crippen LogP) is 6.30. The Morgan fingerprint density at radius 1 is 1.15 bits per heavy atom. The number of aliphatic hydroxyl groups is 1. The number of carbonyl (C=O) groups is 1. The first-order chi connectivity index (χ1) is 25.5. The number of benzene rings is 1. The summed E-state index contributed by atoms with van der Waals surface area (Å²) in [7, 11) is 0. The van der Waals surface area contributed by atoms with Gasteiger partial charge in [0.15, 0.2) is 0 Å². The van der Waals surface area contributed by atoms with Crippen LogP contribution in [0.1, 0.15) is 121 Å². The van der Waals surface area contributed by atoms with E-state index in [0.29, 0.717) is 42.7 Å². The maximum absolute atomic E-state index is 13.4. The fourth-order valence-corrected chi connectivity index (χ4v) is 7.71. The highest BCUT2D eigenvalue weighted by atomic mass is 16.5. The van der Waals surface area contributed by atoms with Gasteiger partial charge in [-0.25, -0.2) is 4.99 Å². The van der Waals surface area contributed by atoms with Gasteiger partial charge in [0.25, 0.3) is 0 Å². The number of allylic oxidation sites excluding steroid dienone is 1. The molecule has 0 aromatic heterocycles. The van der Waals surface area contributed by atoms with Gasteiger partial charge in [0.05, 0.1) is 37.7 Å². The van der Waals surface area contributed by atoms with Crippen LogP contribution in [0.5, 0.6) is 0 Å². The van der Waals surface area contributed by atoms with Crippen LogP contribution in [0.25, 0.3) is 0 Å². The number of nitrogens with two attached hydrogens (primary N) is 1. The molecule has 6 atom stereocenters. The molecule has 53 heavy (non-hydrogen) atoms. The van der Waals surface area contributed by atoms with Crippen LogP contribution < -0.4 is 11.1 Å². The van der Waals surface area contributed by atoms with Gasteiger partial charge in [-0.05, 0) is 73.5 Å². The lowest BCUT2D eigenvalue weighted by atomic mass is 9.79. The number of guanidine groups is 1. The summed E-state index contributed by atoms with van der Waals surface area (Å²) < 4.78 is 12.4. The SMILES string of the molecule is CC/C(=C\CC(N)=NC(=N)N1CCCCC1)OC1CCC(CCCC(=O)NC(CC(=N)C(C)(C)C)=NC2C3C=NCC(OCCO)C32)c2ccccc21. The minimum Gasteiger partial charge on any atom is -0.490 e. The highest BCUT2D eigenvalue weighted by molar-refractivity contribution is 6.09. The fraction of sp³-hybridized carbons (Fsp3) is 0.659. The Kier molecular flexibility index (Phi) is 14.4. The first-order valence-corrected chi connectivity index (χ1v) is 19.8. The summed E-state index contributed by atoms with van der Waals surface area (Å²) in [5.41, 5.74) is 8.90. The lowest BCUT2D eigenvalue weighted by molar-refractivity contribution is -0.119. The van der Waals surface area contributed by atoms with Crippen LogP contribution in [-0.2, 0) is 14.3 Å². The molecule has 1 amide bonds. The second-order valence-corrected chi connectivity index (χ2v) is 15.9. The van der Waals surface area contributed by atoms with Gasteiger partial charge in [0, 0.05) is 62.5 Å². The van der Waals surface area contributed by atoms with Crippen molar-refractivity contribution in [1.29, 1.82) is 10.8 Å². The Hall–Kier alpha value is -3.90. The van der Waals surface area contributed by atoms with E-state index in [9.17, 15) is 9.90 Å². The van der Waals surface area contributed by atoms with Crippen molar-refractivity contribution >= 4 is 35.5 Å². The number of rotatable bonds is 15. The number of aliphatic hydroxyl groups excluding tert-OH is 1. The molecule has 1 aromatic carbocycles. The molecule has 0 bridgehead atoms. The average Bonchev–Trinajstić information content (AvgIpc) is 3.85. The maximum atomic E-state index is 13.4. The van der Waals surface area contributed by atoms with Crippen LogP contribution in [0.3, 0.4) is 0 Å². The Morgan fingerprint density at radius 2 is 1.91 bits per heavy atom. The first kappa shape index (κ1) is 40.3. The van der Waals surface area contributed by atoms with E-state index in [1.807, 2.05) is 38.0 Å². The number of likely N-dealkylation sites (tertiary alicyclic amines) is 1. The Morgan fingerprint density at radius 3 is 2.62 bits per heavy atom. The topological polar surface area (TPSA) is 182 Å². The van der Waals surface area contributed by atoms with Crippen molar-refractivity contribution < 1.29 is 19.4 Å². The Bertz CT molecular complexity index is 1560. The number of carbonyl (C=O) groups excluding carboxylic acids is 1. The van der Waals surface area contributed by atoms with E-state index in [1.165, 1.54) is 17.5 Å². The number of amidine groups is 2. The van der Waals surface area contributed by atoms with E-state index in [2.05, 4.69) is 46.5 Å². The minimum absolute atomic E-state index is 0.0349. The normalized spacial score (nSPS) is 26.1. The Labute approximate surface area is 315 Å². The number of nitrogens with zero attached hydrogens (tertiary/aromatic N) is 4. The lowest BCUT2D eigenvalue weighted by Gasteiger charge is -2.32. The highest BCUT2D eigenvalue weighted by Gasteiger charge is 2.56. The quantitative estimate of drug-likeness (QED) is 0.0802. The van der Waals surface area contributed by atoms with Crippen LogP contribution >= 0.6 is 0 Å². The van der Waals surface area contributed by atoms with Crippen molar-refractivity contribution in [1.82, 2.24) is 10.2 Å². The predicted molar refractivity (Wildman–Crippen MR) is 212 cm³/mol. The summed E-state index contributed by atoms with van der Waals surface area (Å²) in [5.74, 6) is 2.69. The fourth-order valence-electron chi connectivity index (χ4n) is 7.71. The minimum atomic E-state index is -0.334. The smallest absolute Gasteiger partial charge is 0.225 e. The van der Waals surface area contributed by atoms with Crippen molar-refractivity contribution in [3.63, 3.8) is 0 Å². The van der Waals surface area contributed by atoms with Crippen LogP contribution in [0, 0.1) is 28.1 Å². The van der Waals surface area contributed by atoms with E-state index in [4.69, 9.17) is 31.0 Å². The molecule has 4 aliphatic rings. The van der Waals surface area contributed by atoms with Crippen molar-refractivity contribution in [2.45, 2.75) is 122 Å². The molecule has 1 saturated heterocycles.